The van der Waals surface area contributed by atoms with E-state index in [2.05, 4.69) is 66.1 Å². The molecule has 1 aliphatic rings. The number of anilines is 3. The van der Waals surface area contributed by atoms with Gasteiger partial charge in [-0.3, -0.25) is 5.10 Å². The molecule has 3 heterocycles. The molecule has 130 valence electrons. The minimum atomic E-state index is 0.583. The Morgan fingerprint density at radius 1 is 1.08 bits per heavy atom. The molecule has 4 aromatic rings. The Morgan fingerprint density at radius 3 is 2.96 bits per heavy atom. The number of H-pyrrole nitrogens is 2. The SMILES string of the molecule is c1cc(Nc2cc(C3CC3)[nH]n2)nc(NCc2ccc3cc[nH]c3c2)n1. The number of aromatic amines is 2. The van der Waals surface area contributed by atoms with Crippen molar-refractivity contribution < 1.29 is 0 Å². The summed E-state index contributed by atoms with van der Waals surface area (Å²) in [5.41, 5.74) is 3.49. The molecule has 1 aromatic carbocycles. The summed E-state index contributed by atoms with van der Waals surface area (Å²) in [5, 5.41) is 15.1. The molecule has 0 aliphatic heterocycles. The van der Waals surface area contributed by atoms with E-state index in [0.29, 0.717) is 18.4 Å². The van der Waals surface area contributed by atoms with Crippen LogP contribution in [-0.4, -0.2) is 25.1 Å². The highest BCUT2D eigenvalue weighted by Crippen LogP contribution is 2.39. The van der Waals surface area contributed by atoms with E-state index >= 15 is 0 Å². The van der Waals surface area contributed by atoms with Gasteiger partial charge >= 0.3 is 0 Å². The van der Waals surface area contributed by atoms with E-state index in [1.165, 1.54) is 29.5 Å². The van der Waals surface area contributed by atoms with Gasteiger partial charge in [0.2, 0.25) is 5.95 Å². The molecule has 26 heavy (non-hydrogen) atoms. The van der Waals surface area contributed by atoms with Crippen molar-refractivity contribution >= 4 is 28.5 Å². The first kappa shape index (κ1) is 14.9. The van der Waals surface area contributed by atoms with Gasteiger partial charge in [0.25, 0.3) is 0 Å². The van der Waals surface area contributed by atoms with Gasteiger partial charge in [0.1, 0.15) is 5.82 Å². The number of nitrogens with zero attached hydrogens (tertiary/aromatic N) is 3. The van der Waals surface area contributed by atoms with E-state index in [9.17, 15) is 0 Å². The molecule has 0 amide bonds. The molecule has 7 nitrogen and oxygen atoms in total. The van der Waals surface area contributed by atoms with Crippen molar-refractivity contribution in [2.45, 2.75) is 25.3 Å². The summed E-state index contributed by atoms with van der Waals surface area (Å²) in [4.78, 5) is 12.0. The van der Waals surface area contributed by atoms with E-state index in [-0.39, 0.29) is 0 Å². The zero-order valence-corrected chi connectivity index (χ0v) is 14.2. The highest BCUT2D eigenvalue weighted by molar-refractivity contribution is 5.79. The number of aromatic nitrogens is 5. The lowest BCUT2D eigenvalue weighted by Gasteiger charge is -2.07. The van der Waals surface area contributed by atoms with Crippen LogP contribution in [0.2, 0.25) is 0 Å². The minimum absolute atomic E-state index is 0.583. The fourth-order valence-electron chi connectivity index (χ4n) is 3.03. The van der Waals surface area contributed by atoms with Gasteiger partial charge < -0.3 is 15.6 Å². The lowest BCUT2D eigenvalue weighted by molar-refractivity contribution is 0.966. The summed E-state index contributed by atoms with van der Waals surface area (Å²) < 4.78 is 0. The molecular weight excluding hydrogens is 326 g/mol. The minimum Gasteiger partial charge on any atom is -0.361 e. The molecule has 5 rings (SSSR count). The number of hydrogen-bond acceptors (Lipinski definition) is 5. The highest BCUT2D eigenvalue weighted by atomic mass is 15.2. The van der Waals surface area contributed by atoms with Crippen molar-refractivity contribution in [3.8, 4) is 0 Å². The smallest absolute Gasteiger partial charge is 0.224 e. The number of nitrogens with one attached hydrogen (secondary N) is 4. The number of fused-ring (bicyclic) bond motifs is 1. The number of rotatable bonds is 6. The molecule has 4 N–H and O–H groups in total. The molecule has 7 heteroatoms. The molecule has 3 aromatic heterocycles. The molecule has 1 saturated carbocycles. The van der Waals surface area contributed by atoms with Gasteiger partial charge in [-0.25, -0.2) is 4.98 Å². The van der Waals surface area contributed by atoms with Crippen molar-refractivity contribution in [2.75, 3.05) is 10.6 Å². The Morgan fingerprint density at radius 2 is 2.04 bits per heavy atom. The fourth-order valence-corrected chi connectivity index (χ4v) is 3.03. The Kier molecular flexibility index (Phi) is 3.55. The summed E-state index contributed by atoms with van der Waals surface area (Å²) in [6, 6.07) is 12.3. The zero-order valence-electron chi connectivity index (χ0n) is 14.2. The molecule has 0 radical (unpaired) electrons. The summed E-state index contributed by atoms with van der Waals surface area (Å²) in [7, 11) is 0. The van der Waals surface area contributed by atoms with Crippen LogP contribution in [0.15, 0.2) is 48.8 Å². The van der Waals surface area contributed by atoms with Gasteiger partial charge in [0.15, 0.2) is 5.82 Å². The first-order valence-corrected chi connectivity index (χ1v) is 8.79. The predicted molar refractivity (Wildman–Crippen MR) is 102 cm³/mol. The van der Waals surface area contributed by atoms with Gasteiger partial charge in [-0.2, -0.15) is 10.1 Å². The molecule has 0 bridgehead atoms. The first-order valence-electron chi connectivity index (χ1n) is 8.79. The van der Waals surface area contributed by atoms with Crippen LogP contribution >= 0.6 is 0 Å². The highest BCUT2D eigenvalue weighted by Gasteiger charge is 2.25. The van der Waals surface area contributed by atoms with E-state index in [1.54, 1.807) is 6.20 Å². The lowest BCUT2D eigenvalue weighted by Crippen LogP contribution is -2.05. The van der Waals surface area contributed by atoms with Crippen molar-refractivity contribution in [1.82, 2.24) is 25.1 Å². The summed E-state index contributed by atoms with van der Waals surface area (Å²) in [6.45, 7) is 0.659. The Balaban J connectivity index is 1.26. The molecule has 0 unspecified atom stereocenters. The average molecular weight is 345 g/mol. The maximum absolute atomic E-state index is 4.51. The van der Waals surface area contributed by atoms with Crippen molar-refractivity contribution in [1.29, 1.82) is 0 Å². The third-order valence-corrected chi connectivity index (χ3v) is 4.60. The average Bonchev–Trinajstić information content (AvgIpc) is 3.23. The quantitative estimate of drug-likeness (QED) is 0.425. The van der Waals surface area contributed by atoms with E-state index in [0.717, 1.165) is 17.2 Å². The van der Waals surface area contributed by atoms with E-state index in [4.69, 9.17) is 0 Å². The van der Waals surface area contributed by atoms with Crippen LogP contribution in [-0.2, 0) is 6.54 Å². The Bertz CT molecular complexity index is 1040. The molecule has 1 fully saturated rings. The summed E-state index contributed by atoms with van der Waals surface area (Å²) in [6.07, 6.45) is 6.18. The lowest BCUT2D eigenvalue weighted by atomic mass is 10.1. The van der Waals surface area contributed by atoms with Crippen LogP contribution < -0.4 is 10.6 Å². The normalized spacial score (nSPS) is 13.8. The van der Waals surface area contributed by atoms with Gasteiger partial charge in [0, 0.05) is 42.1 Å². The predicted octanol–water partition coefficient (Wildman–Crippen LogP) is 3.91. The second-order valence-electron chi connectivity index (χ2n) is 6.63. The first-order chi connectivity index (χ1) is 12.8. The van der Waals surface area contributed by atoms with Crippen molar-refractivity contribution in [2.24, 2.45) is 0 Å². The fraction of sp³-hybridized carbons (Fsp3) is 0.211. The topological polar surface area (TPSA) is 94.3 Å². The Hall–Kier alpha value is -3.35. The Labute approximate surface area is 150 Å². The molecule has 0 spiro atoms. The van der Waals surface area contributed by atoms with Gasteiger partial charge in [-0.05, 0) is 42.0 Å². The molecule has 1 aliphatic carbocycles. The second kappa shape index (κ2) is 6.18. The molecule has 0 atom stereocenters. The number of hydrogen-bond donors (Lipinski definition) is 4. The van der Waals surface area contributed by atoms with Crippen LogP contribution in [0.1, 0.15) is 30.0 Å². The molecule has 0 saturated heterocycles. The van der Waals surface area contributed by atoms with E-state index in [1.807, 2.05) is 12.3 Å². The summed E-state index contributed by atoms with van der Waals surface area (Å²) in [5.74, 6) is 2.74. The van der Waals surface area contributed by atoms with Crippen molar-refractivity contribution in [3.63, 3.8) is 0 Å². The monoisotopic (exact) mass is 345 g/mol. The maximum Gasteiger partial charge on any atom is 0.224 e. The van der Waals surface area contributed by atoms with Crippen LogP contribution in [0.25, 0.3) is 10.9 Å². The van der Waals surface area contributed by atoms with Crippen LogP contribution in [0.4, 0.5) is 17.6 Å². The molecular formula is C19H19N7. The zero-order chi connectivity index (χ0) is 17.3. The largest absolute Gasteiger partial charge is 0.361 e. The van der Waals surface area contributed by atoms with Crippen LogP contribution in [0.3, 0.4) is 0 Å². The van der Waals surface area contributed by atoms with Gasteiger partial charge in [-0.15, -0.1) is 0 Å². The third kappa shape index (κ3) is 3.11. The second-order valence-corrected chi connectivity index (χ2v) is 6.63. The third-order valence-electron chi connectivity index (χ3n) is 4.60. The van der Waals surface area contributed by atoms with Crippen LogP contribution in [0.5, 0.6) is 0 Å². The maximum atomic E-state index is 4.51. The van der Waals surface area contributed by atoms with Crippen LogP contribution in [0, 0.1) is 0 Å². The van der Waals surface area contributed by atoms with E-state index < -0.39 is 0 Å². The van der Waals surface area contributed by atoms with Gasteiger partial charge in [-0.1, -0.05) is 12.1 Å². The van der Waals surface area contributed by atoms with Crippen molar-refractivity contribution in [3.05, 3.63) is 60.0 Å². The standard InChI is InChI=1S/C19H19N7/c1-2-14-5-7-20-15(14)9-12(1)11-22-19-21-8-6-17(24-19)23-18-10-16(25-26-18)13-3-4-13/h1-2,5-10,13,20H,3-4,11H2,(H3,21,22,23,24,25,26). The summed E-state index contributed by atoms with van der Waals surface area (Å²) >= 11 is 0. The van der Waals surface area contributed by atoms with Gasteiger partial charge in [0.05, 0.1) is 0 Å². The number of benzene rings is 1.